The summed E-state index contributed by atoms with van der Waals surface area (Å²) in [6, 6.07) is 4.78. The van der Waals surface area contributed by atoms with Crippen molar-refractivity contribution < 1.29 is 14.6 Å². The minimum Gasteiger partial charge on any atom is -0.504 e. The number of amides is 1. The van der Waals surface area contributed by atoms with Crippen molar-refractivity contribution in [3.63, 3.8) is 0 Å². The molecule has 0 heterocycles. The molecule has 0 aliphatic rings. The first-order valence-corrected chi connectivity index (χ1v) is 6.52. The van der Waals surface area contributed by atoms with Gasteiger partial charge in [0.25, 0.3) is 0 Å². The summed E-state index contributed by atoms with van der Waals surface area (Å²) in [6.07, 6.45) is 2.30. The molecule has 1 amide bonds. The van der Waals surface area contributed by atoms with Gasteiger partial charge in [-0.15, -0.1) is 0 Å². The van der Waals surface area contributed by atoms with Crippen LogP contribution in [0.3, 0.4) is 0 Å². The Labute approximate surface area is 109 Å². The third-order valence-corrected chi connectivity index (χ3v) is 2.81. The highest BCUT2D eigenvalue weighted by Gasteiger charge is 2.05. The van der Waals surface area contributed by atoms with Crippen LogP contribution in [-0.2, 0) is 4.79 Å². The van der Waals surface area contributed by atoms with E-state index in [9.17, 15) is 9.90 Å². The lowest BCUT2D eigenvalue weighted by Crippen LogP contribution is -2.11. The van der Waals surface area contributed by atoms with Crippen molar-refractivity contribution in [2.45, 2.75) is 19.3 Å². The van der Waals surface area contributed by atoms with Gasteiger partial charge in [-0.1, -0.05) is 15.9 Å². The summed E-state index contributed by atoms with van der Waals surface area (Å²) in [6.45, 7) is 0. The lowest BCUT2D eigenvalue weighted by Gasteiger charge is -2.07. The van der Waals surface area contributed by atoms with E-state index in [1.54, 1.807) is 12.1 Å². The molecule has 0 radical (unpaired) electrons. The van der Waals surface area contributed by atoms with Crippen molar-refractivity contribution in [1.29, 1.82) is 0 Å². The molecule has 0 saturated carbocycles. The molecule has 0 saturated heterocycles. The quantitative estimate of drug-likeness (QED) is 0.627. The van der Waals surface area contributed by atoms with Gasteiger partial charge in [0, 0.05) is 23.5 Å². The van der Waals surface area contributed by atoms with Gasteiger partial charge in [-0.25, -0.2) is 0 Å². The Kier molecular flexibility index (Phi) is 5.83. The maximum Gasteiger partial charge on any atom is 0.224 e. The van der Waals surface area contributed by atoms with Crippen LogP contribution in [0.5, 0.6) is 11.5 Å². The molecule has 94 valence electrons. The number of phenolic OH excluding ortho intramolecular Hbond substituents is 1. The van der Waals surface area contributed by atoms with Gasteiger partial charge in [0.05, 0.1) is 7.11 Å². The second-order valence-corrected chi connectivity index (χ2v) is 4.37. The standard InChI is InChI=1S/C12H16BrNO3/c1-17-11-6-5-9(8-10(11)15)14-12(16)4-2-3-7-13/h5-6,8,15H,2-4,7H2,1H3,(H,14,16). The number of halogens is 1. The maximum atomic E-state index is 11.5. The number of alkyl halides is 1. The first-order valence-electron chi connectivity index (χ1n) is 5.40. The molecule has 4 nitrogen and oxygen atoms in total. The third-order valence-electron chi connectivity index (χ3n) is 2.25. The number of methoxy groups -OCH3 is 1. The van der Waals surface area contributed by atoms with Crippen LogP contribution in [0, 0.1) is 0 Å². The van der Waals surface area contributed by atoms with Crippen LogP contribution in [0.2, 0.25) is 0 Å². The number of aromatic hydroxyl groups is 1. The number of unbranched alkanes of at least 4 members (excludes halogenated alkanes) is 1. The van der Waals surface area contributed by atoms with E-state index >= 15 is 0 Å². The largest absolute Gasteiger partial charge is 0.504 e. The van der Waals surface area contributed by atoms with Crippen molar-refractivity contribution in [1.82, 2.24) is 0 Å². The number of ether oxygens (including phenoxy) is 1. The first-order chi connectivity index (χ1) is 8.17. The zero-order chi connectivity index (χ0) is 12.7. The molecule has 0 unspecified atom stereocenters. The molecule has 5 heteroatoms. The Hall–Kier alpha value is -1.23. The number of benzene rings is 1. The number of carbonyl (C=O) groups excluding carboxylic acids is 1. The van der Waals surface area contributed by atoms with Crippen LogP contribution in [0.1, 0.15) is 19.3 Å². The van der Waals surface area contributed by atoms with Crippen molar-refractivity contribution in [3.05, 3.63) is 18.2 Å². The molecule has 0 bridgehead atoms. The number of phenols is 1. The molecule has 0 aromatic heterocycles. The highest BCUT2D eigenvalue weighted by molar-refractivity contribution is 9.09. The van der Waals surface area contributed by atoms with Gasteiger partial charge in [-0.05, 0) is 25.0 Å². The minimum absolute atomic E-state index is 0.0192. The average Bonchev–Trinajstić information content (AvgIpc) is 2.29. The molecule has 0 atom stereocenters. The minimum atomic E-state index is -0.0458. The van der Waals surface area contributed by atoms with Gasteiger partial charge in [0.2, 0.25) is 5.91 Å². The molecule has 1 aromatic rings. The molecule has 0 aliphatic heterocycles. The lowest BCUT2D eigenvalue weighted by atomic mass is 10.2. The summed E-state index contributed by atoms with van der Waals surface area (Å²) in [4.78, 5) is 11.5. The van der Waals surface area contributed by atoms with Crippen LogP contribution >= 0.6 is 15.9 Å². The molecule has 17 heavy (non-hydrogen) atoms. The molecule has 1 aromatic carbocycles. The van der Waals surface area contributed by atoms with Crippen molar-refractivity contribution >= 4 is 27.5 Å². The fraction of sp³-hybridized carbons (Fsp3) is 0.417. The molecule has 0 spiro atoms. The zero-order valence-corrected chi connectivity index (χ0v) is 11.3. The number of hydrogen-bond donors (Lipinski definition) is 2. The molecule has 0 aliphatic carbocycles. The molecular formula is C12H16BrNO3. The summed E-state index contributed by atoms with van der Waals surface area (Å²) >= 11 is 3.31. The Morgan fingerprint density at radius 1 is 1.47 bits per heavy atom. The Balaban J connectivity index is 2.51. The van der Waals surface area contributed by atoms with Crippen LogP contribution in [-0.4, -0.2) is 23.5 Å². The zero-order valence-electron chi connectivity index (χ0n) is 9.70. The molecular weight excluding hydrogens is 286 g/mol. The van der Waals surface area contributed by atoms with E-state index in [4.69, 9.17) is 4.74 Å². The average molecular weight is 302 g/mol. The normalized spacial score (nSPS) is 10.0. The van der Waals surface area contributed by atoms with E-state index in [0.29, 0.717) is 17.9 Å². The Morgan fingerprint density at radius 3 is 2.82 bits per heavy atom. The number of hydrogen-bond acceptors (Lipinski definition) is 3. The monoisotopic (exact) mass is 301 g/mol. The van der Waals surface area contributed by atoms with E-state index in [1.165, 1.54) is 13.2 Å². The van der Waals surface area contributed by atoms with Gasteiger partial charge in [0.15, 0.2) is 11.5 Å². The second-order valence-electron chi connectivity index (χ2n) is 3.58. The first kappa shape index (κ1) is 13.8. The van der Waals surface area contributed by atoms with Gasteiger partial charge < -0.3 is 15.2 Å². The SMILES string of the molecule is COc1ccc(NC(=O)CCCCBr)cc1O. The Morgan fingerprint density at radius 2 is 2.24 bits per heavy atom. The van der Waals surface area contributed by atoms with Crippen LogP contribution in [0.25, 0.3) is 0 Å². The number of rotatable bonds is 6. The third kappa shape index (κ3) is 4.65. The summed E-state index contributed by atoms with van der Waals surface area (Å²) in [7, 11) is 1.48. The summed E-state index contributed by atoms with van der Waals surface area (Å²) in [5.74, 6) is 0.364. The maximum absolute atomic E-state index is 11.5. The van der Waals surface area contributed by atoms with E-state index in [1.807, 2.05) is 0 Å². The van der Waals surface area contributed by atoms with E-state index in [2.05, 4.69) is 21.2 Å². The smallest absolute Gasteiger partial charge is 0.224 e. The molecule has 1 rings (SSSR count). The van der Waals surface area contributed by atoms with E-state index < -0.39 is 0 Å². The van der Waals surface area contributed by atoms with E-state index in [0.717, 1.165) is 18.2 Å². The molecule has 0 fully saturated rings. The van der Waals surface area contributed by atoms with Crippen molar-refractivity contribution in [2.24, 2.45) is 0 Å². The predicted molar refractivity (Wildman–Crippen MR) is 70.9 cm³/mol. The lowest BCUT2D eigenvalue weighted by molar-refractivity contribution is -0.116. The Bertz CT molecular complexity index is 382. The van der Waals surface area contributed by atoms with Crippen LogP contribution < -0.4 is 10.1 Å². The summed E-state index contributed by atoms with van der Waals surface area (Å²) in [5.41, 5.74) is 0.576. The van der Waals surface area contributed by atoms with Crippen LogP contribution in [0.4, 0.5) is 5.69 Å². The predicted octanol–water partition coefficient (Wildman–Crippen LogP) is 2.90. The van der Waals surface area contributed by atoms with Crippen molar-refractivity contribution in [3.8, 4) is 11.5 Å². The van der Waals surface area contributed by atoms with E-state index in [-0.39, 0.29) is 11.7 Å². The second kappa shape index (κ2) is 7.17. The van der Waals surface area contributed by atoms with Gasteiger partial charge in [-0.2, -0.15) is 0 Å². The fourth-order valence-electron chi connectivity index (χ4n) is 1.37. The van der Waals surface area contributed by atoms with Gasteiger partial charge >= 0.3 is 0 Å². The molecule has 2 N–H and O–H groups in total. The highest BCUT2D eigenvalue weighted by Crippen LogP contribution is 2.28. The number of carbonyl (C=O) groups is 1. The highest BCUT2D eigenvalue weighted by atomic mass is 79.9. The van der Waals surface area contributed by atoms with Crippen molar-refractivity contribution in [2.75, 3.05) is 17.8 Å². The topological polar surface area (TPSA) is 58.6 Å². The summed E-state index contributed by atoms with van der Waals surface area (Å²) in [5, 5.41) is 13.2. The van der Waals surface area contributed by atoms with Gasteiger partial charge in [0.1, 0.15) is 0 Å². The summed E-state index contributed by atoms with van der Waals surface area (Å²) < 4.78 is 4.92. The number of nitrogens with one attached hydrogen (secondary N) is 1. The van der Waals surface area contributed by atoms with Crippen LogP contribution in [0.15, 0.2) is 18.2 Å². The fourth-order valence-corrected chi connectivity index (χ4v) is 1.77. The number of anilines is 1. The van der Waals surface area contributed by atoms with Gasteiger partial charge in [-0.3, -0.25) is 4.79 Å².